The lowest BCUT2D eigenvalue weighted by molar-refractivity contribution is -0.221. The Labute approximate surface area is 168 Å². The molecule has 0 radical (unpaired) electrons. The van der Waals surface area contributed by atoms with Crippen molar-refractivity contribution >= 4 is 23.5 Å². The minimum atomic E-state index is -2.20. The van der Waals surface area contributed by atoms with Crippen LogP contribution in [0, 0.1) is 28.6 Å². The molecule has 28 heavy (non-hydrogen) atoms. The van der Waals surface area contributed by atoms with E-state index in [9.17, 15) is 19.8 Å². The van der Waals surface area contributed by atoms with Crippen LogP contribution in [0.2, 0.25) is 0 Å². The number of alkyl halides is 2. The van der Waals surface area contributed by atoms with E-state index in [0.717, 1.165) is 6.08 Å². The van der Waals surface area contributed by atoms with Gasteiger partial charge in [-0.15, -0.1) is 12.6 Å². The second-order valence-electron chi connectivity index (χ2n) is 9.57. The van der Waals surface area contributed by atoms with Crippen LogP contribution in [-0.2, 0) is 9.59 Å². The largest absolute Gasteiger partial charge is 0.390 e. The predicted molar refractivity (Wildman–Crippen MR) is 102 cm³/mol. The second-order valence-corrected chi connectivity index (χ2v) is 9.97. The fraction of sp³-hybridized carbons (Fsp3) is 0.714. The first-order valence-electron chi connectivity index (χ1n) is 9.76. The lowest BCUT2D eigenvalue weighted by atomic mass is 9.44. The summed E-state index contributed by atoms with van der Waals surface area (Å²) in [5.74, 6) is -2.29. The Morgan fingerprint density at radius 2 is 1.93 bits per heavy atom. The molecule has 0 aromatic carbocycles. The zero-order valence-electron chi connectivity index (χ0n) is 16.2. The van der Waals surface area contributed by atoms with Gasteiger partial charge in [-0.2, -0.15) is 0 Å². The number of allylic oxidation sites excluding steroid dienone is 4. The standard InChI is InChI=1S/C21H26F2O4S/c1-10-6-12-13-8-15(22)14-7-11(24)4-5-18(14,2)20(13,23)16(25)9-19(12,3)21(10,27)17(26)28/h4-5,7,10,12-13,15-16,25,27H,6,8-9H2,1-3H3,(H,26,28). The topological polar surface area (TPSA) is 74.6 Å². The van der Waals surface area contributed by atoms with Crippen molar-refractivity contribution in [1.82, 2.24) is 0 Å². The maximum Gasteiger partial charge on any atom is 0.218 e. The Bertz CT molecular complexity index is 827. The molecule has 0 saturated heterocycles. The average molecular weight is 412 g/mol. The summed E-state index contributed by atoms with van der Waals surface area (Å²) in [6.07, 6.45) is 0.703. The zero-order valence-corrected chi connectivity index (χ0v) is 17.0. The second kappa shape index (κ2) is 5.76. The van der Waals surface area contributed by atoms with Crippen LogP contribution in [0.3, 0.4) is 0 Å². The summed E-state index contributed by atoms with van der Waals surface area (Å²) in [4.78, 5) is 24.1. The van der Waals surface area contributed by atoms with Crippen LogP contribution >= 0.6 is 12.6 Å². The summed E-state index contributed by atoms with van der Waals surface area (Å²) in [7, 11) is 0. The van der Waals surface area contributed by atoms with Crippen LogP contribution in [0.25, 0.3) is 0 Å². The molecule has 3 saturated carbocycles. The van der Waals surface area contributed by atoms with Gasteiger partial charge in [0.05, 0.1) is 6.10 Å². The molecule has 9 atom stereocenters. The molecule has 4 aliphatic carbocycles. The summed E-state index contributed by atoms with van der Waals surface area (Å²) >= 11 is 3.90. The molecule has 4 rings (SSSR count). The minimum absolute atomic E-state index is 0.0629. The van der Waals surface area contributed by atoms with E-state index < -0.39 is 63.0 Å². The Kier molecular flexibility index (Phi) is 4.16. The van der Waals surface area contributed by atoms with E-state index in [4.69, 9.17) is 0 Å². The molecule has 4 nitrogen and oxygen atoms in total. The van der Waals surface area contributed by atoms with E-state index in [1.807, 2.05) is 0 Å². The van der Waals surface area contributed by atoms with Crippen molar-refractivity contribution in [3.8, 4) is 0 Å². The third-order valence-corrected chi connectivity index (χ3v) is 8.88. The van der Waals surface area contributed by atoms with E-state index in [-0.39, 0.29) is 18.4 Å². The Morgan fingerprint density at radius 3 is 2.54 bits per heavy atom. The normalized spacial score (nSPS) is 55.2. The van der Waals surface area contributed by atoms with Crippen molar-refractivity contribution in [3.63, 3.8) is 0 Å². The van der Waals surface area contributed by atoms with E-state index in [1.165, 1.54) is 19.1 Å². The smallest absolute Gasteiger partial charge is 0.218 e. The summed E-state index contributed by atoms with van der Waals surface area (Å²) in [5, 5.41) is 21.6. The molecule has 0 aromatic heterocycles. The number of aliphatic hydroxyl groups excluding tert-OH is 1. The first-order valence-corrected chi connectivity index (χ1v) is 10.2. The minimum Gasteiger partial charge on any atom is -0.390 e. The van der Waals surface area contributed by atoms with E-state index >= 15 is 8.78 Å². The molecule has 0 amide bonds. The number of halogens is 2. The summed E-state index contributed by atoms with van der Waals surface area (Å²) < 4.78 is 32.0. The molecule has 0 spiro atoms. The quantitative estimate of drug-likeness (QED) is 0.579. The van der Waals surface area contributed by atoms with Gasteiger partial charge in [-0.25, -0.2) is 8.78 Å². The highest BCUT2D eigenvalue weighted by Gasteiger charge is 2.76. The average Bonchev–Trinajstić information content (AvgIpc) is 2.81. The van der Waals surface area contributed by atoms with Crippen LogP contribution in [0.15, 0.2) is 23.8 Å². The summed E-state index contributed by atoms with van der Waals surface area (Å²) in [6, 6.07) is 0. The van der Waals surface area contributed by atoms with Crippen molar-refractivity contribution in [2.24, 2.45) is 28.6 Å². The van der Waals surface area contributed by atoms with Gasteiger partial charge in [0.15, 0.2) is 11.5 Å². The SMILES string of the molecule is CC1CC2C3CC(F)C4=CC(=O)C=CC4(C)C3(F)C(O)CC2(C)C1(O)C(=O)S. The molecule has 4 aliphatic rings. The monoisotopic (exact) mass is 412 g/mol. The van der Waals surface area contributed by atoms with Crippen LogP contribution in [0.5, 0.6) is 0 Å². The van der Waals surface area contributed by atoms with Crippen molar-refractivity contribution in [1.29, 1.82) is 0 Å². The number of carbonyl (C=O) groups excluding carboxylic acids is 2. The highest BCUT2D eigenvalue weighted by molar-refractivity contribution is 7.96. The van der Waals surface area contributed by atoms with Crippen molar-refractivity contribution in [2.45, 2.75) is 63.6 Å². The number of hydrogen-bond donors (Lipinski definition) is 3. The molecule has 9 unspecified atom stereocenters. The van der Waals surface area contributed by atoms with Gasteiger partial charge >= 0.3 is 0 Å². The van der Waals surface area contributed by atoms with Gasteiger partial charge in [0, 0.05) is 16.7 Å². The molecule has 7 heteroatoms. The summed E-state index contributed by atoms with van der Waals surface area (Å²) in [6.45, 7) is 4.92. The van der Waals surface area contributed by atoms with Gasteiger partial charge in [-0.3, -0.25) is 9.59 Å². The van der Waals surface area contributed by atoms with Crippen LogP contribution < -0.4 is 0 Å². The molecular weight excluding hydrogens is 386 g/mol. The molecule has 2 N–H and O–H groups in total. The van der Waals surface area contributed by atoms with E-state index in [0.29, 0.717) is 6.42 Å². The summed E-state index contributed by atoms with van der Waals surface area (Å²) in [5.41, 5.74) is -6.53. The van der Waals surface area contributed by atoms with Gasteiger partial charge in [-0.05, 0) is 55.7 Å². The van der Waals surface area contributed by atoms with E-state index in [2.05, 4.69) is 12.6 Å². The van der Waals surface area contributed by atoms with Crippen molar-refractivity contribution in [3.05, 3.63) is 23.8 Å². The Morgan fingerprint density at radius 1 is 1.29 bits per heavy atom. The van der Waals surface area contributed by atoms with Gasteiger partial charge in [0.2, 0.25) is 5.12 Å². The number of fused-ring (bicyclic) bond motifs is 5. The zero-order chi connectivity index (χ0) is 20.9. The molecule has 0 bridgehead atoms. The number of hydrogen-bond acceptors (Lipinski definition) is 4. The number of rotatable bonds is 1. The lowest BCUT2D eigenvalue weighted by Crippen LogP contribution is -2.70. The maximum absolute atomic E-state index is 16.8. The number of thiol groups is 1. The van der Waals surface area contributed by atoms with Gasteiger partial charge in [0.1, 0.15) is 11.8 Å². The molecule has 0 aromatic rings. The Hall–Kier alpha value is -1.05. The third-order valence-electron chi connectivity index (χ3n) is 8.54. The third kappa shape index (κ3) is 2.03. The first kappa shape index (κ1) is 20.2. The first-order chi connectivity index (χ1) is 12.8. The predicted octanol–water partition coefficient (Wildman–Crippen LogP) is 2.74. The fourth-order valence-corrected chi connectivity index (χ4v) is 7.47. The molecular formula is C21H26F2O4S. The number of aliphatic hydroxyl groups is 2. The molecule has 0 aliphatic heterocycles. The van der Waals surface area contributed by atoms with Gasteiger partial charge in [-0.1, -0.05) is 19.9 Å². The van der Waals surface area contributed by atoms with Crippen LogP contribution in [0.4, 0.5) is 8.78 Å². The number of carbonyl (C=O) groups is 2. The van der Waals surface area contributed by atoms with Gasteiger partial charge in [0.25, 0.3) is 0 Å². The van der Waals surface area contributed by atoms with Crippen LogP contribution in [-0.4, -0.2) is 44.7 Å². The Balaban J connectivity index is 1.88. The maximum atomic E-state index is 16.8. The van der Waals surface area contributed by atoms with Crippen molar-refractivity contribution in [2.75, 3.05) is 0 Å². The molecule has 0 heterocycles. The highest BCUT2D eigenvalue weighted by Crippen LogP contribution is 2.71. The molecule has 3 fully saturated rings. The van der Waals surface area contributed by atoms with Gasteiger partial charge < -0.3 is 10.2 Å². The number of ketones is 1. The van der Waals surface area contributed by atoms with Crippen LogP contribution in [0.1, 0.15) is 40.0 Å². The van der Waals surface area contributed by atoms with Crippen molar-refractivity contribution < 1.29 is 28.6 Å². The van der Waals surface area contributed by atoms with E-state index in [1.54, 1.807) is 13.8 Å². The highest BCUT2D eigenvalue weighted by atomic mass is 32.1. The molecule has 154 valence electrons. The fourth-order valence-electron chi connectivity index (χ4n) is 7.00. The lowest BCUT2D eigenvalue weighted by Gasteiger charge is -2.62.